The highest BCUT2D eigenvalue weighted by Gasteiger charge is 2.28. The van der Waals surface area contributed by atoms with Crippen LogP contribution in [0.15, 0.2) is 41.1 Å². The maximum Gasteiger partial charge on any atom is 0.405 e. The molecule has 0 radical (unpaired) electrons. The van der Waals surface area contributed by atoms with Crippen molar-refractivity contribution in [1.82, 2.24) is 5.32 Å². The topological polar surface area (TPSA) is 58.2 Å². The molecule has 24 heavy (non-hydrogen) atoms. The molecule has 1 heterocycles. The predicted octanol–water partition coefficient (Wildman–Crippen LogP) is 3.61. The molecule has 0 bridgehead atoms. The van der Waals surface area contributed by atoms with Gasteiger partial charge in [0.2, 0.25) is 5.91 Å². The molecule has 0 atom stereocenters. The van der Waals surface area contributed by atoms with E-state index in [2.05, 4.69) is 5.32 Å². The van der Waals surface area contributed by atoms with Crippen LogP contribution in [0.25, 0.3) is 0 Å². The maximum atomic E-state index is 12.2. The fourth-order valence-corrected chi connectivity index (χ4v) is 2.67. The maximum absolute atomic E-state index is 12.2. The Morgan fingerprint density at radius 2 is 1.88 bits per heavy atom. The standard InChI is InChI=1S/C16H15F3N2O2S/c17-16(18,19)10-20-15(23)12-3-1-2-4-13(12)21-14(22)6-5-11-7-8-24-9-11/h1-4,7-9H,5-6,10H2,(H,20,23)(H,21,22). The molecule has 2 amide bonds. The van der Waals surface area contributed by atoms with Crippen molar-refractivity contribution in [2.24, 2.45) is 0 Å². The lowest BCUT2D eigenvalue weighted by Gasteiger charge is -2.12. The number of amides is 2. The normalized spacial score (nSPS) is 11.1. The number of hydrogen-bond donors (Lipinski definition) is 2. The number of aryl methyl sites for hydroxylation is 1. The Morgan fingerprint density at radius 3 is 2.54 bits per heavy atom. The monoisotopic (exact) mass is 356 g/mol. The summed E-state index contributed by atoms with van der Waals surface area (Å²) in [6.07, 6.45) is -3.72. The average Bonchev–Trinajstić information content (AvgIpc) is 3.04. The number of alkyl halides is 3. The van der Waals surface area contributed by atoms with Gasteiger partial charge in [-0.25, -0.2) is 0 Å². The van der Waals surface area contributed by atoms with E-state index in [4.69, 9.17) is 0 Å². The molecule has 128 valence electrons. The number of anilines is 1. The van der Waals surface area contributed by atoms with Gasteiger partial charge in [-0.3, -0.25) is 9.59 Å². The summed E-state index contributed by atoms with van der Waals surface area (Å²) in [4.78, 5) is 23.9. The van der Waals surface area contributed by atoms with Crippen molar-refractivity contribution < 1.29 is 22.8 Å². The first kappa shape index (κ1) is 18.0. The molecule has 0 aliphatic rings. The Bertz CT molecular complexity index is 700. The second kappa shape index (κ2) is 7.96. The first-order valence-corrected chi connectivity index (χ1v) is 8.04. The average molecular weight is 356 g/mol. The molecule has 0 spiro atoms. The molecule has 1 aromatic heterocycles. The number of hydrogen-bond acceptors (Lipinski definition) is 3. The van der Waals surface area contributed by atoms with Crippen molar-refractivity contribution >= 4 is 28.8 Å². The zero-order valence-corrected chi connectivity index (χ0v) is 13.3. The minimum Gasteiger partial charge on any atom is -0.343 e. The summed E-state index contributed by atoms with van der Waals surface area (Å²) in [7, 11) is 0. The third kappa shape index (κ3) is 5.69. The minimum absolute atomic E-state index is 0.00867. The molecule has 2 N–H and O–H groups in total. The van der Waals surface area contributed by atoms with Crippen molar-refractivity contribution in [3.05, 3.63) is 52.2 Å². The molecule has 0 aliphatic heterocycles. The van der Waals surface area contributed by atoms with Crippen LogP contribution >= 0.6 is 11.3 Å². The van der Waals surface area contributed by atoms with Gasteiger partial charge in [-0.2, -0.15) is 24.5 Å². The van der Waals surface area contributed by atoms with Crippen LogP contribution in [0.5, 0.6) is 0 Å². The van der Waals surface area contributed by atoms with Gasteiger partial charge in [0.25, 0.3) is 5.91 Å². The summed E-state index contributed by atoms with van der Waals surface area (Å²) in [5.41, 5.74) is 1.21. The molecule has 0 fully saturated rings. The van der Waals surface area contributed by atoms with Crippen LogP contribution in [0.1, 0.15) is 22.3 Å². The van der Waals surface area contributed by atoms with Gasteiger partial charge >= 0.3 is 6.18 Å². The Kier molecular flexibility index (Phi) is 5.97. The molecule has 2 rings (SSSR count). The molecular weight excluding hydrogens is 341 g/mol. The van der Waals surface area contributed by atoms with Gasteiger partial charge in [-0.1, -0.05) is 12.1 Å². The first-order chi connectivity index (χ1) is 11.3. The van der Waals surface area contributed by atoms with Gasteiger partial charge in [0.1, 0.15) is 6.54 Å². The third-order valence-corrected chi connectivity index (χ3v) is 3.85. The lowest BCUT2D eigenvalue weighted by molar-refractivity contribution is -0.123. The van der Waals surface area contributed by atoms with Crippen LogP contribution in [-0.4, -0.2) is 24.5 Å². The molecule has 0 saturated heterocycles. The van der Waals surface area contributed by atoms with Crippen LogP contribution in [0, 0.1) is 0 Å². The second-order valence-electron chi connectivity index (χ2n) is 5.02. The highest BCUT2D eigenvalue weighted by atomic mass is 32.1. The molecule has 2 aromatic rings. The summed E-state index contributed by atoms with van der Waals surface area (Å²) in [5.74, 6) is -1.20. The van der Waals surface area contributed by atoms with Crippen molar-refractivity contribution in [2.45, 2.75) is 19.0 Å². The van der Waals surface area contributed by atoms with E-state index in [1.165, 1.54) is 29.5 Å². The van der Waals surface area contributed by atoms with Gasteiger partial charge in [-0.15, -0.1) is 0 Å². The van der Waals surface area contributed by atoms with E-state index in [9.17, 15) is 22.8 Å². The second-order valence-corrected chi connectivity index (χ2v) is 5.80. The predicted molar refractivity (Wildman–Crippen MR) is 86.1 cm³/mol. The Balaban J connectivity index is 1.97. The summed E-state index contributed by atoms with van der Waals surface area (Å²) in [5, 5.41) is 8.21. The zero-order valence-electron chi connectivity index (χ0n) is 12.5. The number of halogens is 3. The zero-order chi connectivity index (χ0) is 17.6. The van der Waals surface area contributed by atoms with E-state index in [0.717, 1.165) is 5.56 Å². The third-order valence-electron chi connectivity index (χ3n) is 3.12. The highest BCUT2D eigenvalue weighted by Crippen LogP contribution is 2.17. The summed E-state index contributed by atoms with van der Waals surface area (Å²) in [6, 6.07) is 7.86. The lowest BCUT2D eigenvalue weighted by atomic mass is 10.1. The molecule has 1 aromatic carbocycles. The van der Waals surface area contributed by atoms with Gasteiger partial charge in [0.05, 0.1) is 11.3 Å². The lowest BCUT2D eigenvalue weighted by Crippen LogP contribution is -2.34. The Labute approximate surface area is 140 Å². The van der Waals surface area contributed by atoms with E-state index in [1.54, 1.807) is 11.4 Å². The number of carbonyl (C=O) groups is 2. The SMILES string of the molecule is O=C(CCc1ccsc1)Nc1ccccc1C(=O)NCC(F)(F)F. The largest absolute Gasteiger partial charge is 0.405 e. The fraction of sp³-hybridized carbons (Fsp3) is 0.250. The number of thiophene rings is 1. The van der Waals surface area contributed by atoms with Crippen LogP contribution < -0.4 is 10.6 Å². The summed E-state index contributed by atoms with van der Waals surface area (Å²) >= 11 is 1.53. The van der Waals surface area contributed by atoms with Gasteiger partial charge in [-0.05, 0) is 40.9 Å². The number of para-hydroxylation sites is 1. The molecule has 4 nitrogen and oxygen atoms in total. The molecule has 0 aliphatic carbocycles. The van der Waals surface area contributed by atoms with Crippen molar-refractivity contribution in [2.75, 3.05) is 11.9 Å². The van der Waals surface area contributed by atoms with Crippen molar-refractivity contribution in [1.29, 1.82) is 0 Å². The minimum atomic E-state index is -4.49. The van der Waals surface area contributed by atoms with Gasteiger partial charge in [0, 0.05) is 6.42 Å². The Hall–Kier alpha value is -2.35. The molecular formula is C16H15F3N2O2S. The number of rotatable bonds is 6. The van der Waals surface area contributed by atoms with E-state index in [0.29, 0.717) is 6.42 Å². The highest BCUT2D eigenvalue weighted by molar-refractivity contribution is 7.07. The number of nitrogens with one attached hydrogen (secondary N) is 2. The smallest absolute Gasteiger partial charge is 0.343 e. The fourth-order valence-electron chi connectivity index (χ4n) is 1.97. The summed E-state index contributed by atoms with van der Waals surface area (Å²) < 4.78 is 36.6. The van der Waals surface area contributed by atoms with Crippen molar-refractivity contribution in [3.63, 3.8) is 0 Å². The molecule has 8 heteroatoms. The van der Waals surface area contributed by atoms with E-state index >= 15 is 0 Å². The van der Waals surface area contributed by atoms with Crippen LogP contribution in [0.3, 0.4) is 0 Å². The van der Waals surface area contributed by atoms with Crippen LogP contribution in [0.2, 0.25) is 0 Å². The molecule has 0 unspecified atom stereocenters. The van der Waals surface area contributed by atoms with Gasteiger partial charge < -0.3 is 10.6 Å². The Morgan fingerprint density at radius 1 is 1.12 bits per heavy atom. The summed E-state index contributed by atoms with van der Waals surface area (Å²) in [6.45, 7) is -1.42. The first-order valence-electron chi connectivity index (χ1n) is 7.10. The van der Waals surface area contributed by atoms with Gasteiger partial charge in [0.15, 0.2) is 0 Å². The van der Waals surface area contributed by atoms with Crippen LogP contribution in [0.4, 0.5) is 18.9 Å². The van der Waals surface area contributed by atoms with Crippen molar-refractivity contribution in [3.8, 4) is 0 Å². The van der Waals surface area contributed by atoms with E-state index < -0.39 is 18.6 Å². The number of carbonyl (C=O) groups excluding carboxylic acids is 2. The van der Waals surface area contributed by atoms with E-state index in [1.807, 2.05) is 16.8 Å². The quantitative estimate of drug-likeness (QED) is 0.831. The van der Waals surface area contributed by atoms with Crippen LogP contribution in [-0.2, 0) is 11.2 Å². The van der Waals surface area contributed by atoms with E-state index in [-0.39, 0.29) is 23.6 Å². The number of benzene rings is 1. The molecule has 0 saturated carbocycles.